The summed E-state index contributed by atoms with van der Waals surface area (Å²) in [4.78, 5) is 0. The van der Waals surface area contributed by atoms with Crippen molar-refractivity contribution in [3.63, 3.8) is 0 Å². The third-order valence-electron chi connectivity index (χ3n) is 5.11. The summed E-state index contributed by atoms with van der Waals surface area (Å²) in [5, 5.41) is 0. The Balaban J connectivity index is 0.000000706. The van der Waals surface area contributed by atoms with Gasteiger partial charge in [-0.2, -0.15) is 0 Å². The molecule has 0 saturated heterocycles. The van der Waals surface area contributed by atoms with Gasteiger partial charge in [0.15, 0.2) is 0 Å². The van der Waals surface area contributed by atoms with Crippen molar-refractivity contribution in [2.75, 3.05) is 0 Å². The van der Waals surface area contributed by atoms with E-state index in [9.17, 15) is 0 Å². The maximum Gasteiger partial charge on any atom is -0.0178 e. The molecule has 2 aromatic rings. The van der Waals surface area contributed by atoms with E-state index >= 15 is 0 Å². The Bertz CT molecular complexity index is 901. The Morgan fingerprint density at radius 2 is 1.50 bits per heavy atom. The fraction of sp³-hybridized carbons (Fsp3) is 0.286. The maximum absolute atomic E-state index is 2.41. The molecule has 0 bridgehead atoms. The summed E-state index contributed by atoms with van der Waals surface area (Å²) in [5.41, 5.74) is 9.60. The van der Waals surface area contributed by atoms with Gasteiger partial charge in [-0.1, -0.05) is 98.7 Å². The molecule has 28 heavy (non-hydrogen) atoms. The minimum absolute atomic E-state index is 1.14. The number of benzene rings is 2. The van der Waals surface area contributed by atoms with Crippen molar-refractivity contribution in [1.82, 2.24) is 0 Å². The van der Waals surface area contributed by atoms with Crippen LogP contribution in [0.3, 0.4) is 0 Å². The Hall–Kier alpha value is -2.60. The first-order valence-electron chi connectivity index (χ1n) is 10.7. The summed E-state index contributed by atoms with van der Waals surface area (Å²) in [6.07, 6.45) is 17.5. The van der Waals surface area contributed by atoms with Crippen LogP contribution in [0.4, 0.5) is 0 Å². The molecule has 0 aliphatic heterocycles. The summed E-state index contributed by atoms with van der Waals surface area (Å²) >= 11 is 0. The van der Waals surface area contributed by atoms with Crippen LogP contribution in [0.1, 0.15) is 57.1 Å². The number of hydrogen-bond acceptors (Lipinski definition) is 0. The summed E-state index contributed by atoms with van der Waals surface area (Å²) in [7, 11) is 0. The Morgan fingerprint density at radius 1 is 0.786 bits per heavy atom. The zero-order valence-corrected chi connectivity index (χ0v) is 17.5. The number of aryl methyl sites for hydroxylation is 1. The monoisotopic (exact) mass is 368 g/mol. The highest BCUT2D eigenvalue weighted by Gasteiger charge is 2.12. The van der Waals surface area contributed by atoms with Crippen molar-refractivity contribution in [1.29, 1.82) is 0 Å². The predicted octanol–water partition coefficient (Wildman–Crippen LogP) is 8.46. The average molecular weight is 369 g/mol. The lowest BCUT2D eigenvalue weighted by atomic mass is 9.87. The minimum Gasteiger partial charge on any atom is -0.0842 e. The van der Waals surface area contributed by atoms with Crippen molar-refractivity contribution >= 4 is 5.57 Å². The largest absolute Gasteiger partial charge is 0.0842 e. The van der Waals surface area contributed by atoms with Gasteiger partial charge >= 0.3 is 0 Å². The van der Waals surface area contributed by atoms with E-state index in [0.717, 1.165) is 6.42 Å². The van der Waals surface area contributed by atoms with E-state index in [2.05, 4.69) is 99.7 Å². The Kier molecular flexibility index (Phi) is 7.25. The first kappa shape index (κ1) is 20.1. The molecule has 0 spiro atoms. The molecule has 0 heterocycles. The summed E-state index contributed by atoms with van der Waals surface area (Å²) in [6.45, 7) is 6.38. The van der Waals surface area contributed by atoms with Gasteiger partial charge in [0, 0.05) is 0 Å². The molecule has 0 fully saturated rings. The molecular formula is C28H32. The van der Waals surface area contributed by atoms with Crippen LogP contribution in [-0.4, -0.2) is 0 Å². The third kappa shape index (κ3) is 5.23. The van der Waals surface area contributed by atoms with Gasteiger partial charge in [-0.15, -0.1) is 0 Å². The van der Waals surface area contributed by atoms with E-state index in [4.69, 9.17) is 0 Å². The van der Waals surface area contributed by atoms with E-state index in [1.54, 1.807) is 0 Å². The molecule has 0 heteroatoms. The quantitative estimate of drug-likeness (QED) is 0.509. The molecular weight excluding hydrogens is 336 g/mol. The minimum atomic E-state index is 1.14. The Labute approximate surface area is 171 Å². The number of rotatable bonds is 3. The summed E-state index contributed by atoms with van der Waals surface area (Å²) in [5.74, 6) is 0. The molecule has 0 nitrogen and oxygen atoms in total. The highest BCUT2D eigenvalue weighted by Crippen LogP contribution is 2.33. The second-order valence-corrected chi connectivity index (χ2v) is 7.68. The van der Waals surface area contributed by atoms with Crippen LogP contribution in [0.15, 0.2) is 90.1 Å². The van der Waals surface area contributed by atoms with Crippen LogP contribution in [0.25, 0.3) is 16.7 Å². The highest BCUT2D eigenvalue weighted by molar-refractivity contribution is 5.80. The van der Waals surface area contributed by atoms with Crippen molar-refractivity contribution in [3.05, 3.63) is 101 Å². The van der Waals surface area contributed by atoms with Gasteiger partial charge in [-0.3, -0.25) is 0 Å². The molecule has 0 aromatic heterocycles. The van der Waals surface area contributed by atoms with Crippen molar-refractivity contribution in [2.24, 2.45) is 0 Å². The molecule has 2 aliphatic rings. The van der Waals surface area contributed by atoms with Gasteiger partial charge in [-0.05, 0) is 72.1 Å². The molecule has 4 rings (SSSR count). The molecule has 0 amide bonds. The molecule has 0 atom stereocenters. The normalized spacial score (nSPS) is 15.8. The lowest BCUT2D eigenvalue weighted by Crippen LogP contribution is -1.98. The van der Waals surface area contributed by atoms with Gasteiger partial charge in [0.25, 0.3) is 0 Å². The highest BCUT2D eigenvalue weighted by atomic mass is 14.2. The second kappa shape index (κ2) is 10.1. The smallest absolute Gasteiger partial charge is 0.0178 e. The Morgan fingerprint density at radius 3 is 2.21 bits per heavy atom. The second-order valence-electron chi connectivity index (χ2n) is 7.68. The number of hydrogen-bond donors (Lipinski definition) is 0. The average Bonchev–Trinajstić information content (AvgIpc) is 2.76. The zero-order chi connectivity index (χ0) is 19.8. The lowest BCUT2D eigenvalue weighted by Gasteiger charge is -2.18. The van der Waals surface area contributed by atoms with Crippen LogP contribution in [-0.2, 0) is 0 Å². The molecule has 144 valence electrons. The maximum atomic E-state index is 2.41. The van der Waals surface area contributed by atoms with Crippen molar-refractivity contribution in [3.8, 4) is 11.1 Å². The van der Waals surface area contributed by atoms with Gasteiger partial charge in [-0.25, -0.2) is 0 Å². The fourth-order valence-electron chi connectivity index (χ4n) is 3.65. The first-order valence-corrected chi connectivity index (χ1v) is 10.7. The van der Waals surface area contributed by atoms with Crippen LogP contribution < -0.4 is 0 Å². The summed E-state index contributed by atoms with van der Waals surface area (Å²) in [6, 6.07) is 17.7. The van der Waals surface area contributed by atoms with Gasteiger partial charge < -0.3 is 0 Å². The van der Waals surface area contributed by atoms with E-state index < -0.39 is 0 Å². The molecule has 2 aromatic carbocycles. The van der Waals surface area contributed by atoms with E-state index in [1.165, 1.54) is 64.7 Å². The standard InChI is InChI=1S/C25H24.C3H8/c1-19-13-15-21(16-14-19)23-10-6-12-25(18-23)24-11-5-9-22(17-24)20-7-3-2-4-8-20;1-3-2/h2-3,6-7,10-18H,4-5,8-9H2,1H3;3H2,1-2H3. The van der Waals surface area contributed by atoms with Crippen molar-refractivity contribution < 1.29 is 0 Å². The molecule has 2 aliphatic carbocycles. The van der Waals surface area contributed by atoms with Crippen LogP contribution in [0.5, 0.6) is 0 Å². The predicted molar refractivity (Wildman–Crippen MR) is 124 cm³/mol. The topological polar surface area (TPSA) is 0 Å². The molecule has 0 radical (unpaired) electrons. The van der Waals surface area contributed by atoms with Gasteiger partial charge in [0.05, 0.1) is 0 Å². The van der Waals surface area contributed by atoms with E-state index in [-0.39, 0.29) is 0 Å². The van der Waals surface area contributed by atoms with Gasteiger partial charge in [0.1, 0.15) is 0 Å². The van der Waals surface area contributed by atoms with Crippen LogP contribution >= 0.6 is 0 Å². The molecule has 0 saturated carbocycles. The lowest BCUT2D eigenvalue weighted by molar-refractivity contribution is 0.900. The van der Waals surface area contributed by atoms with E-state index in [0.29, 0.717) is 0 Å². The first-order chi connectivity index (χ1) is 13.7. The summed E-state index contributed by atoms with van der Waals surface area (Å²) < 4.78 is 0. The van der Waals surface area contributed by atoms with Gasteiger partial charge in [0.2, 0.25) is 0 Å². The molecule has 0 N–H and O–H groups in total. The zero-order valence-electron chi connectivity index (χ0n) is 17.5. The fourth-order valence-corrected chi connectivity index (χ4v) is 3.65. The molecule has 0 unspecified atom stereocenters. The van der Waals surface area contributed by atoms with Crippen LogP contribution in [0, 0.1) is 6.92 Å². The van der Waals surface area contributed by atoms with E-state index in [1.807, 2.05) is 0 Å². The van der Waals surface area contributed by atoms with Crippen LogP contribution in [0.2, 0.25) is 0 Å². The SMILES string of the molecule is CCC.Cc1ccc(-c2cccc(C3=CCCC(C4=CC=CCC4)=C3)c2)cc1. The number of allylic oxidation sites excluding steroid dienone is 8. The van der Waals surface area contributed by atoms with Crippen molar-refractivity contribution in [2.45, 2.75) is 52.9 Å². The third-order valence-corrected chi connectivity index (χ3v) is 5.11.